The van der Waals surface area contributed by atoms with E-state index in [9.17, 15) is 0 Å². The summed E-state index contributed by atoms with van der Waals surface area (Å²) in [5, 5.41) is 6.92. The molecule has 1 aromatic rings. The third kappa shape index (κ3) is 5.95. The fraction of sp³-hybridized carbons (Fsp3) is 0.611. The maximum atomic E-state index is 4.34. The first kappa shape index (κ1) is 20.2. The molecule has 1 saturated carbocycles. The molecule has 1 fully saturated rings. The summed E-state index contributed by atoms with van der Waals surface area (Å²) in [7, 11) is 1.84. The van der Waals surface area contributed by atoms with Crippen molar-refractivity contribution in [2.75, 3.05) is 39.8 Å². The molecule has 0 radical (unpaired) electrons. The van der Waals surface area contributed by atoms with Crippen LogP contribution in [0.5, 0.6) is 0 Å². The predicted octanol–water partition coefficient (Wildman–Crippen LogP) is 2.84. The summed E-state index contributed by atoms with van der Waals surface area (Å²) >= 11 is 0. The van der Waals surface area contributed by atoms with Crippen molar-refractivity contribution >= 4 is 29.9 Å². The SMILES string of the molecule is CCN(CC)CCNC(=NC)NCC1(c2ccccc2)CC1.I. The minimum Gasteiger partial charge on any atom is -0.356 e. The molecule has 2 N–H and O–H groups in total. The van der Waals surface area contributed by atoms with Crippen molar-refractivity contribution in [2.24, 2.45) is 4.99 Å². The van der Waals surface area contributed by atoms with Gasteiger partial charge in [0.1, 0.15) is 0 Å². The van der Waals surface area contributed by atoms with Gasteiger partial charge in [-0.15, -0.1) is 24.0 Å². The topological polar surface area (TPSA) is 39.7 Å². The van der Waals surface area contributed by atoms with Gasteiger partial charge >= 0.3 is 0 Å². The van der Waals surface area contributed by atoms with Gasteiger partial charge in [-0.25, -0.2) is 0 Å². The number of nitrogens with one attached hydrogen (secondary N) is 2. The van der Waals surface area contributed by atoms with E-state index in [1.807, 2.05) is 7.05 Å². The molecule has 0 aromatic heterocycles. The normalized spacial score (nSPS) is 15.9. The van der Waals surface area contributed by atoms with Crippen LogP contribution in [0.15, 0.2) is 35.3 Å². The van der Waals surface area contributed by atoms with Crippen LogP contribution in [0, 0.1) is 0 Å². The Morgan fingerprint density at radius 3 is 2.30 bits per heavy atom. The molecule has 130 valence electrons. The number of likely N-dealkylation sites (N-methyl/N-ethyl adjacent to an activating group) is 1. The van der Waals surface area contributed by atoms with Crippen LogP contribution in [0.4, 0.5) is 0 Å². The number of rotatable bonds is 8. The smallest absolute Gasteiger partial charge is 0.191 e. The Morgan fingerprint density at radius 2 is 1.78 bits per heavy atom. The fourth-order valence-corrected chi connectivity index (χ4v) is 2.86. The van der Waals surface area contributed by atoms with E-state index in [0.717, 1.165) is 38.7 Å². The van der Waals surface area contributed by atoms with E-state index >= 15 is 0 Å². The first-order chi connectivity index (χ1) is 10.7. The molecule has 4 nitrogen and oxygen atoms in total. The molecule has 0 spiro atoms. The molecule has 0 amide bonds. The van der Waals surface area contributed by atoms with Crippen molar-refractivity contribution < 1.29 is 0 Å². The average Bonchev–Trinajstić information content (AvgIpc) is 3.36. The van der Waals surface area contributed by atoms with Gasteiger partial charge in [0.05, 0.1) is 0 Å². The molecule has 0 saturated heterocycles. The Bertz CT molecular complexity index is 467. The van der Waals surface area contributed by atoms with Gasteiger partial charge in [0.25, 0.3) is 0 Å². The molecule has 2 rings (SSSR count). The third-order valence-electron chi connectivity index (χ3n) is 4.67. The number of nitrogens with zero attached hydrogens (tertiary/aromatic N) is 2. The standard InChI is InChI=1S/C18H30N4.HI/c1-4-22(5-2)14-13-20-17(19-3)21-15-18(11-12-18)16-9-7-6-8-10-16;/h6-10H,4-5,11-15H2,1-3H3,(H2,19,20,21);1H. The largest absolute Gasteiger partial charge is 0.356 e. The quantitative estimate of drug-likeness (QED) is 0.379. The lowest BCUT2D eigenvalue weighted by atomic mass is 9.96. The molecule has 1 aromatic carbocycles. The number of guanidine groups is 1. The van der Waals surface area contributed by atoms with Gasteiger partial charge in [-0.3, -0.25) is 4.99 Å². The van der Waals surface area contributed by atoms with Crippen LogP contribution in [0.25, 0.3) is 0 Å². The second-order valence-electron chi connectivity index (χ2n) is 6.03. The molecule has 1 aliphatic rings. The van der Waals surface area contributed by atoms with Gasteiger partial charge in [-0.2, -0.15) is 0 Å². The Labute approximate surface area is 158 Å². The average molecular weight is 430 g/mol. The van der Waals surface area contributed by atoms with E-state index in [2.05, 4.69) is 64.7 Å². The lowest BCUT2D eigenvalue weighted by Crippen LogP contribution is -2.44. The second-order valence-corrected chi connectivity index (χ2v) is 6.03. The van der Waals surface area contributed by atoms with Crippen molar-refractivity contribution in [3.63, 3.8) is 0 Å². The lowest BCUT2D eigenvalue weighted by Gasteiger charge is -2.21. The van der Waals surface area contributed by atoms with Gasteiger partial charge in [0.2, 0.25) is 0 Å². The number of halogens is 1. The molecular weight excluding hydrogens is 399 g/mol. The monoisotopic (exact) mass is 430 g/mol. The number of aliphatic imine (C=N–C) groups is 1. The summed E-state index contributed by atoms with van der Waals surface area (Å²) in [6.45, 7) is 9.54. The minimum absolute atomic E-state index is 0. The first-order valence-corrected chi connectivity index (χ1v) is 8.46. The van der Waals surface area contributed by atoms with Crippen LogP contribution in [0.3, 0.4) is 0 Å². The molecule has 23 heavy (non-hydrogen) atoms. The first-order valence-electron chi connectivity index (χ1n) is 8.46. The zero-order chi connectivity index (χ0) is 15.8. The van der Waals surface area contributed by atoms with Crippen LogP contribution < -0.4 is 10.6 Å². The highest BCUT2D eigenvalue weighted by Gasteiger charge is 2.43. The molecule has 0 unspecified atom stereocenters. The number of benzene rings is 1. The Balaban J connectivity index is 0.00000264. The van der Waals surface area contributed by atoms with Crippen LogP contribution >= 0.6 is 24.0 Å². The fourth-order valence-electron chi connectivity index (χ4n) is 2.86. The molecular formula is C18H31IN4. The van der Waals surface area contributed by atoms with Crippen molar-refractivity contribution in [1.29, 1.82) is 0 Å². The molecule has 0 atom stereocenters. The Kier molecular flexibility index (Phi) is 8.91. The van der Waals surface area contributed by atoms with Gasteiger partial charge in [-0.1, -0.05) is 44.2 Å². The summed E-state index contributed by atoms with van der Waals surface area (Å²) < 4.78 is 0. The number of hydrogen-bond acceptors (Lipinski definition) is 2. The second kappa shape index (κ2) is 10.1. The summed E-state index contributed by atoms with van der Waals surface area (Å²) in [6.07, 6.45) is 2.53. The maximum Gasteiger partial charge on any atom is 0.191 e. The maximum absolute atomic E-state index is 4.34. The summed E-state index contributed by atoms with van der Waals surface area (Å²) in [5.41, 5.74) is 1.76. The van der Waals surface area contributed by atoms with Gasteiger partial charge in [-0.05, 0) is 31.5 Å². The third-order valence-corrected chi connectivity index (χ3v) is 4.67. The van der Waals surface area contributed by atoms with Crippen molar-refractivity contribution in [3.8, 4) is 0 Å². The molecule has 0 aliphatic heterocycles. The predicted molar refractivity (Wildman–Crippen MR) is 110 cm³/mol. The lowest BCUT2D eigenvalue weighted by molar-refractivity contribution is 0.308. The van der Waals surface area contributed by atoms with Gasteiger partial charge in [0, 0.05) is 32.1 Å². The Morgan fingerprint density at radius 1 is 1.13 bits per heavy atom. The molecule has 0 heterocycles. The van der Waals surface area contributed by atoms with Gasteiger partial charge < -0.3 is 15.5 Å². The van der Waals surface area contributed by atoms with E-state index in [4.69, 9.17) is 0 Å². The highest BCUT2D eigenvalue weighted by Crippen LogP contribution is 2.47. The van der Waals surface area contributed by atoms with Crippen molar-refractivity contribution in [3.05, 3.63) is 35.9 Å². The van der Waals surface area contributed by atoms with Crippen molar-refractivity contribution in [1.82, 2.24) is 15.5 Å². The van der Waals surface area contributed by atoms with Crippen LogP contribution in [-0.4, -0.2) is 50.6 Å². The van der Waals surface area contributed by atoms with E-state index in [-0.39, 0.29) is 24.0 Å². The van der Waals surface area contributed by atoms with E-state index in [0.29, 0.717) is 5.41 Å². The highest BCUT2D eigenvalue weighted by molar-refractivity contribution is 14.0. The van der Waals surface area contributed by atoms with Crippen LogP contribution in [0.1, 0.15) is 32.3 Å². The highest BCUT2D eigenvalue weighted by atomic mass is 127. The zero-order valence-electron chi connectivity index (χ0n) is 14.6. The van der Waals surface area contributed by atoms with Crippen molar-refractivity contribution in [2.45, 2.75) is 32.1 Å². The summed E-state index contributed by atoms with van der Waals surface area (Å²) in [5.74, 6) is 0.911. The van der Waals surface area contributed by atoms with E-state index < -0.39 is 0 Å². The molecule has 5 heteroatoms. The van der Waals surface area contributed by atoms with Crippen LogP contribution in [-0.2, 0) is 5.41 Å². The number of hydrogen-bond donors (Lipinski definition) is 2. The Hall–Kier alpha value is -0.820. The summed E-state index contributed by atoms with van der Waals surface area (Å²) in [4.78, 5) is 6.75. The van der Waals surface area contributed by atoms with Gasteiger partial charge in [0.15, 0.2) is 5.96 Å². The van der Waals surface area contributed by atoms with Crippen LogP contribution in [0.2, 0.25) is 0 Å². The van der Waals surface area contributed by atoms with E-state index in [1.54, 1.807) is 0 Å². The van der Waals surface area contributed by atoms with E-state index in [1.165, 1.54) is 18.4 Å². The minimum atomic E-state index is 0. The molecule has 1 aliphatic carbocycles. The molecule has 0 bridgehead atoms. The zero-order valence-corrected chi connectivity index (χ0v) is 17.0. The summed E-state index contributed by atoms with van der Waals surface area (Å²) in [6, 6.07) is 10.8.